The molecule has 6 heteroatoms. The third kappa shape index (κ3) is 2.39. The van der Waals surface area contributed by atoms with Crippen molar-refractivity contribution < 1.29 is 4.92 Å². The minimum absolute atomic E-state index is 0.0821. The lowest BCUT2D eigenvalue weighted by Crippen LogP contribution is -2.04. The predicted molar refractivity (Wildman–Crippen MR) is 85.8 cm³/mol. The number of nitro groups is 1. The lowest BCUT2D eigenvalue weighted by atomic mass is 10.1. The van der Waals surface area contributed by atoms with Gasteiger partial charge in [-0.3, -0.25) is 10.1 Å². The summed E-state index contributed by atoms with van der Waals surface area (Å²) in [4.78, 5) is 14.7. The van der Waals surface area contributed by atoms with Gasteiger partial charge in [0.05, 0.1) is 22.5 Å². The summed E-state index contributed by atoms with van der Waals surface area (Å²) < 4.78 is 1.92. The Morgan fingerprint density at radius 2 is 1.82 bits per heavy atom. The molecular weight excluding hydrogens is 280 g/mol. The Labute approximate surface area is 127 Å². The summed E-state index contributed by atoms with van der Waals surface area (Å²) in [5.41, 5.74) is 11.2. The molecule has 1 heterocycles. The first-order chi connectivity index (χ1) is 10.5. The number of nitrogens with two attached hydrogens (primary N) is 1. The zero-order valence-electron chi connectivity index (χ0n) is 12.4. The van der Waals surface area contributed by atoms with Gasteiger partial charge in [0, 0.05) is 12.1 Å². The van der Waals surface area contributed by atoms with E-state index >= 15 is 0 Å². The first-order valence-corrected chi connectivity index (χ1v) is 6.92. The van der Waals surface area contributed by atoms with Crippen LogP contribution in [0.5, 0.6) is 0 Å². The average molecular weight is 296 g/mol. The maximum Gasteiger partial charge on any atom is 0.269 e. The van der Waals surface area contributed by atoms with Crippen LogP contribution in [0.2, 0.25) is 0 Å². The molecule has 0 saturated heterocycles. The number of nitrogen functional groups attached to an aromatic ring is 1. The molecule has 6 nitrogen and oxygen atoms in total. The fourth-order valence-corrected chi connectivity index (χ4v) is 2.47. The van der Waals surface area contributed by atoms with Crippen LogP contribution in [-0.4, -0.2) is 14.5 Å². The number of aromatic nitrogens is 2. The molecule has 2 aromatic carbocycles. The molecule has 0 aliphatic rings. The van der Waals surface area contributed by atoms with Crippen molar-refractivity contribution in [2.75, 3.05) is 5.73 Å². The van der Waals surface area contributed by atoms with Crippen molar-refractivity contribution in [1.29, 1.82) is 0 Å². The van der Waals surface area contributed by atoms with Crippen molar-refractivity contribution in [2.24, 2.45) is 0 Å². The van der Waals surface area contributed by atoms with Crippen molar-refractivity contribution in [3.05, 3.63) is 63.2 Å². The highest BCUT2D eigenvalue weighted by atomic mass is 16.6. The van der Waals surface area contributed by atoms with Gasteiger partial charge in [-0.1, -0.05) is 12.1 Å². The highest BCUT2D eigenvalue weighted by Crippen LogP contribution is 2.23. The van der Waals surface area contributed by atoms with Crippen molar-refractivity contribution in [3.8, 4) is 0 Å². The topological polar surface area (TPSA) is 87.0 Å². The van der Waals surface area contributed by atoms with Crippen LogP contribution in [0, 0.1) is 24.0 Å². The number of hydrogen-bond acceptors (Lipinski definition) is 4. The highest BCUT2D eigenvalue weighted by molar-refractivity contribution is 5.80. The maximum absolute atomic E-state index is 10.7. The highest BCUT2D eigenvalue weighted by Gasteiger charge is 2.11. The number of fused-ring (bicyclic) bond motifs is 1. The van der Waals surface area contributed by atoms with Gasteiger partial charge in [0.25, 0.3) is 5.69 Å². The van der Waals surface area contributed by atoms with E-state index in [9.17, 15) is 10.1 Å². The molecule has 2 N–H and O–H groups in total. The molecule has 0 spiro atoms. The Morgan fingerprint density at radius 3 is 2.45 bits per heavy atom. The molecule has 0 saturated carbocycles. The van der Waals surface area contributed by atoms with Crippen molar-refractivity contribution in [2.45, 2.75) is 20.4 Å². The van der Waals surface area contributed by atoms with Crippen LogP contribution >= 0.6 is 0 Å². The fourth-order valence-electron chi connectivity index (χ4n) is 2.47. The van der Waals surface area contributed by atoms with Gasteiger partial charge < -0.3 is 10.3 Å². The van der Waals surface area contributed by atoms with Crippen LogP contribution in [0.3, 0.4) is 0 Å². The second kappa shape index (κ2) is 5.14. The molecular formula is C16H16N4O2. The molecule has 0 unspecified atom stereocenters. The third-order valence-corrected chi connectivity index (χ3v) is 3.88. The summed E-state index contributed by atoms with van der Waals surface area (Å²) >= 11 is 0. The van der Waals surface area contributed by atoms with E-state index in [0.29, 0.717) is 12.5 Å². The summed E-state index contributed by atoms with van der Waals surface area (Å²) in [7, 11) is 0. The number of nitro benzene ring substituents is 1. The van der Waals surface area contributed by atoms with Gasteiger partial charge in [0.2, 0.25) is 5.95 Å². The van der Waals surface area contributed by atoms with Crippen molar-refractivity contribution in [3.63, 3.8) is 0 Å². The number of nitrogens with zero attached hydrogens (tertiary/aromatic N) is 3. The van der Waals surface area contributed by atoms with E-state index in [1.807, 2.05) is 24.5 Å². The summed E-state index contributed by atoms with van der Waals surface area (Å²) in [5.74, 6) is 0.443. The Morgan fingerprint density at radius 1 is 1.18 bits per heavy atom. The number of anilines is 1. The number of rotatable bonds is 3. The molecule has 3 rings (SSSR count). The van der Waals surface area contributed by atoms with E-state index in [0.717, 1.165) is 16.6 Å². The molecule has 1 aromatic heterocycles. The average Bonchev–Trinajstić information content (AvgIpc) is 2.76. The van der Waals surface area contributed by atoms with Gasteiger partial charge in [-0.15, -0.1) is 0 Å². The smallest absolute Gasteiger partial charge is 0.269 e. The molecule has 0 fully saturated rings. The van der Waals surface area contributed by atoms with Crippen LogP contribution in [0.4, 0.5) is 11.6 Å². The summed E-state index contributed by atoms with van der Waals surface area (Å²) in [6, 6.07) is 10.6. The summed E-state index contributed by atoms with van der Waals surface area (Å²) in [6.07, 6.45) is 0. The fraction of sp³-hybridized carbons (Fsp3) is 0.188. The second-order valence-corrected chi connectivity index (χ2v) is 5.40. The number of hydrogen-bond donors (Lipinski definition) is 1. The van der Waals surface area contributed by atoms with Crippen molar-refractivity contribution in [1.82, 2.24) is 9.55 Å². The summed E-state index contributed by atoms with van der Waals surface area (Å²) in [5, 5.41) is 10.7. The minimum atomic E-state index is -0.406. The Kier molecular flexibility index (Phi) is 3.29. The van der Waals surface area contributed by atoms with Crippen LogP contribution in [-0.2, 0) is 6.54 Å². The molecule has 0 amide bonds. The van der Waals surface area contributed by atoms with Gasteiger partial charge in [0.1, 0.15) is 0 Å². The lowest BCUT2D eigenvalue weighted by Gasteiger charge is -2.08. The third-order valence-electron chi connectivity index (χ3n) is 3.88. The maximum atomic E-state index is 10.7. The SMILES string of the molecule is Cc1cc2nc(N)n(Cc3ccc([N+](=O)[O-])cc3)c2cc1C. The zero-order valence-corrected chi connectivity index (χ0v) is 12.4. The molecule has 0 aliphatic heterocycles. The molecule has 0 aliphatic carbocycles. The largest absolute Gasteiger partial charge is 0.369 e. The molecule has 112 valence electrons. The Balaban J connectivity index is 2.01. The predicted octanol–water partition coefficient (Wildman–Crippen LogP) is 3.19. The van der Waals surface area contributed by atoms with Crippen molar-refractivity contribution >= 4 is 22.7 Å². The molecule has 0 bridgehead atoms. The van der Waals surface area contributed by atoms with E-state index in [4.69, 9.17) is 5.73 Å². The second-order valence-electron chi connectivity index (χ2n) is 5.40. The number of aryl methyl sites for hydroxylation is 2. The first-order valence-electron chi connectivity index (χ1n) is 6.92. The zero-order chi connectivity index (χ0) is 15.9. The van der Waals surface area contributed by atoms with Gasteiger partial charge in [-0.25, -0.2) is 4.98 Å². The van der Waals surface area contributed by atoms with E-state index in [1.165, 1.54) is 23.3 Å². The van der Waals surface area contributed by atoms with Gasteiger partial charge in [0.15, 0.2) is 0 Å². The first kappa shape index (κ1) is 14.1. The van der Waals surface area contributed by atoms with Gasteiger partial charge in [-0.05, 0) is 42.7 Å². The molecule has 3 aromatic rings. The van der Waals surface area contributed by atoms with E-state index in [-0.39, 0.29) is 5.69 Å². The van der Waals surface area contributed by atoms with Crippen LogP contribution < -0.4 is 5.73 Å². The monoisotopic (exact) mass is 296 g/mol. The number of non-ortho nitro benzene ring substituents is 1. The van der Waals surface area contributed by atoms with Crippen LogP contribution in [0.25, 0.3) is 11.0 Å². The molecule has 22 heavy (non-hydrogen) atoms. The van der Waals surface area contributed by atoms with E-state index < -0.39 is 4.92 Å². The van der Waals surface area contributed by atoms with Gasteiger partial charge in [-0.2, -0.15) is 0 Å². The number of benzene rings is 2. The summed E-state index contributed by atoms with van der Waals surface area (Å²) in [6.45, 7) is 4.62. The quantitative estimate of drug-likeness (QED) is 0.594. The van der Waals surface area contributed by atoms with Gasteiger partial charge >= 0.3 is 0 Å². The van der Waals surface area contributed by atoms with Crippen LogP contribution in [0.1, 0.15) is 16.7 Å². The lowest BCUT2D eigenvalue weighted by molar-refractivity contribution is -0.384. The van der Waals surface area contributed by atoms with E-state index in [1.54, 1.807) is 12.1 Å². The molecule has 0 radical (unpaired) electrons. The van der Waals surface area contributed by atoms with E-state index in [2.05, 4.69) is 11.1 Å². The Bertz CT molecular complexity index is 866. The number of imidazole rings is 1. The minimum Gasteiger partial charge on any atom is -0.369 e. The Hall–Kier alpha value is -2.89. The standard InChI is InChI=1S/C16H16N4O2/c1-10-7-14-15(8-11(10)2)19(16(17)18-14)9-12-3-5-13(6-4-12)20(21)22/h3-8H,9H2,1-2H3,(H2,17,18). The normalized spacial score (nSPS) is 11.0. The van der Waals surface area contributed by atoms with Crippen LogP contribution in [0.15, 0.2) is 36.4 Å². The molecule has 0 atom stereocenters.